The van der Waals surface area contributed by atoms with Crippen molar-refractivity contribution in [1.82, 2.24) is 9.21 Å². The maximum absolute atomic E-state index is 13.2. The molecule has 0 heterocycles. The van der Waals surface area contributed by atoms with Crippen molar-refractivity contribution in [3.63, 3.8) is 0 Å². The minimum atomic E-state index is -3.43. The van der Waals surface area contributed by atoms with Crippen molar-refractivity contribution in [3.8, 4) is 0 Å². The molecule has 0 saturated heterocycles. The van der Waals surface area contributed by atoms with Crippen LogP contribution in [-0.2, 0) is 10.0 Å². The average Bonchev–Trinajstić information content (AvgIpc) is 2.47. The second-order valence-electron chi connectivity index (χ2n) is 9.05. The number of benzene rings is 1. The Balaban J connectivity index is 3.19. The highest BCUT2D eigenvalue weighted by Crippen LogP contribution is 2.26. The fourth-order valence-corrected chi connectivity index (χ4v) is 4.30. The van der Waals surface area contributed by atoms with Gasteiger partial charge in [-0.2, -0.15) is 4.31 Å². The maximum Gasteiger partial charge on any atom is 0.254 e. The number of rotatable bonds is 6. The summed E-state index contributed by atoms with van der Waals surface area (Å²) in [5.41, 5.74) is -0.412. The van der Waals surface area contributed by atoms with E-state index in [1.54, 1.807) is 4.90 Å². The standard InChI is InChI=1S/C20H33FN2O3S/c1-15(19(2,3)4)22(18(24)16-9-11-17(21)12-10-16)13-14-23(20(5,6)7)27(8,25)26/h9-12,15H,13-14H2,1-8H3. The zero-order valence-electron chi connectivity index (χ0n) is 17.7. The largest absolute Gasteiger partial charge is 0.334 e. The fraction of sp³-hybridized carbons (Fsp3) is 0.650. The summed E-state index contributed by atoms with van der Waals surface area (Å²) in [5, 5.41) is 0. The summed E-state index contributed by atoms with van der Waals surface area (Å²) in [7, 11) is -3.43. The van der Waals surface area contributed by atoms with Gasteiger partial charge in [-0.25, -0.2) is 12.8 Å². The number of carbonyl (C=O) groups excluding carboxylic acids is 1. The summed E-state index contributed by atoms with van der Waals surface area (Å²) in [6.07, 6.45) is 1.18. The van der Waals surface area contributed by atoms with Gasteiger partial charge in [-0.1, -0.05) is 20.8 Å². The lowest BCUT2D eigenvalue weighted by molar-refractivity contribution is 0.0522. The SMILES string of the molecule is CC(N(CCN(C(C)(C)C)S(C)(=O)=O)C(=O)c1ccc(F)cc1)C(C)(C)C. The predicted molar refractivity (Wildman–Crippen MR) is 108 cm³/mol. The van der Waals surface area contributed by atoms with Crippen molar-refractivity contribution in [2.45, 2.75) is 60.0 Å². The molecular weight excluding hydrogens is 367 g/mol. The minimum Gasteiger partial charge on any atom is -0.334 e. The number of nitrogens with zero attached hydrogens (tertiary/aromatic N) is 2. The number of halogens is 1. The summed E-state index contributed by atoms with van der Waals surface area (Å²) in [6.45, 7) is 14.0. The van der Waals surface area contributed by atoms with Crippen LogP contribution in [0.1, 0.15) is 58.8 Å². The molecule has 0 fully saturated rings. The lowest BCUT2D eigenvalue weighted by atomic mass is 9.86. The van der Waals surface area contributed by atoms with Gasteiger partial charge >= 0.3 is 0 Å². The van der Waals surface area contributed by atoms with Crippen LogP contribution in [0, 0.1) is 11.2 Å². The van der Waals surface area contributed by atoms with Gasteiger partial charge in [0, 0.05) is 30.2 Å². The molecule has 0 aliphatic carbocycles. The van der Waals surface area contributed by atoms with Crippen LogP contribution in [0.25, 0.3) is 0 Å². The average molecular weight is 401 g/mol. The number of amides is 1. The summed E-state index contributed by atoms with van der Waals surface area (Å²) in [6, 6.07) is 5.28. The molecule has 1 atom stereocenters. The molecule has 27 heavy (non-hydrogen) atoms. The van der Waals surface area contributed by atoms with E-state index < -0.39 is 21.4 Å². The Labute approximate surface area is 163 Å². The molecule has 0 aromatic heterocycles. The minimum absolute atomic E-state index is 0.142. The lowest BCUT2D eigenvalue weighted by Crippen LogP contribution is -2.52. The summed E-state index contributed by atoms with van der Waals surface area (Å²) in [4.78, 5) is 14.8. The number of hydrogen-bond donors (Lipinski definition) is 0. The van der Waals surface area contributed by atoms with Crippen LogP contribution in [0.15, 0.2) is 24.3 Å². The Morgan fingerprint density at radius 2 is 1.52 bits per heavy atom. The molecule has 7 heteroatoms. The molecule has 0 aliphatic heterocycles. The van der Waals surface area contributed by atoms with Crippen molar-refractivity contribution in [3.05, 3.63) is 35.6 Å². The van der Waals surface area contributed by atoms with Crippen LogP contribution in [-0.4, -0.2) is 54.5 Å². The van der Waals surface area contributed by atoms with Gasteiger partial charge < -0.3 is 4.90 Å². The van der Waals surface area contributed by atoms with Gasteiger partial charge in [0.15, 0.2) is 0 Å². The van der Waals surface area contributed by atoms with E-state index in [1.165, 1.54) is 34.8 Å². The molecular formula is C20H33FN2O3S. The first-order chi connectivity index (χ1) is 12.0. The molecule has 154 valence electrons. The molecule has 0 spiro atoms. The van der Waals surface area contributed by atoms with Gasteiger partial charge in [0.2, 0.25) is 10.0 Å². The van der Waals surface area contributed by atoms with Crippen LogP contribution in [0.5, 0.6) is 0 Å². The Morgan fingerprint density at radius 1 is 1.04 bits per heavy atom. The molecule has 0 N–H and O–H groups in total. The zero-order chi connectivity index (χ0) is 21.2. The molecule has 0 aliphatic rings. The normalized spacial score (nSPS) is 14.3. The van der Waals surface area contributed by atoms with E-state index in [0.717, 1.165) is 0 Å². The van der Waals surface area contributed by atoms with Gasteiger partial charge in [-0.3, -0.25) is 4.79 Å². The third-order valence-electron chi connectivity index (χ3n) is 4.77. The van der Waals surface area contributed by atoms with E-state index in [1.807, 2.05) is 48.5 Å². The van der Waals surface area contributed by atoms with E-state index in [2.05, 4.69) is 0 Å². The van der Waals surface area contributed by atoms with E-state index >= 15 is 0 Å². The zero-order valence-corrected chi connectivity index (χ0v) is 18.5. The third kappa shape index (κ3) is 6.57. The monoisotopic (exact) mass is 400 g/mol. The Morgan fingerprint density at radius 3 is 1.89 bits per heavy atom. The van der Waals surface area contributed by atoms with E-state index in [4.69, 9.17) is 0 Å². The van der Waals surface area contributed by atoms with Crippen LogP contribution < -0.4 is 0 Å². The second kappa shape index (κ2) is 8.27. The summed E-state index contributed by atoms with van der Waals surface area (Å²) < 4.78 is 39.1. The Bertz CT molecular complexity index is 747. The predicted octanol–water partition coefficient (Wildman–Crippen LogP) is 3.76. The molecule has 1 unspecified atom stereocenters. The van der Waals surface area contributed by atoms with Crippen molar-refractivity contribution >= 4 is 15.9 Å². The van der Waals surface area contributed by atoms with Crippen molar-refractivity contribution in [1.29, 1.82) is 0 Å². The fourth-order valence-electron chi connectivity index (χ4n) is 2.89. The van der Waals surface area contributed by atoms with Gasteiger partial charge in [0.05, 0.1) is 6.26 Å². The van der Waals surface area contributed by atoms with Gasteiger partial charge in [-0.15, -0.1) is 0 Å². The molecule has 1 aromatic carbocycles. The summed E-state index contributed by atoms with van der Waals surface area (Å²) >= 11 is 0. The first kappa shape index (κ1) is 23.6. The molecule has 5 nitrogen and oxygen atoms in total. The van der Waals surface area contributed by atoms with Crippen molar-refractivity contribution in [2.24, 2.45) is 5.41 Å². The van der Waals surface area contributed by atoms with Gasteiger partial charge in [-0.05, 0) is 57.4 Å². The molecule has 1 aromatic rings. The number of sulfonamides is 1. The van der Waals surface area contributed by atoms with E-state index in [-0.39, 0.29) is 30.5 Å². The smallest absolute Gasteiger partial charge is 0.254 e. The first-order valence-corrected chi connectivity index (χ1v) is 10.9. The van der Waals surface area contributed by atoms with Gasteiger partial charge in [0.1, 0.15) is 5.82 Å². The van der Waals surface area contributed by atoms with Crippen LogP contribution in [0.2, 0.25) is 0 Å². The summed E-state index contributed by atoms with van der Waals surface area (Å²) in [5.74, 6) is -0.641. The highest BCUT2D eigenvalue weighted by atomic mass is 32.2. The van der Waals surface area contributed by atoms with E-state index in [0.29, 0.717) is 5.56 Å². The molecule has 1 rings (SSSR count). The Kier molecular flexibility index (Phi) is 7.22. The highest BCUT2D eigenvalue weighted by Gasteiger charge is 2.34. The first-order valence-electron chi connectivity index (χ1n) is 9.09. The number of carbonyl (C=O) groups is 1. The highest BCUT2D eigenvalue weighted by molar-refractivity contribution is 7.88. The lowest BCUT2D eigenvalue weighted by Gasteiger charge is -2.40. The van der Waals surface area contributed by atoms with Crippen molar-refractivity contribution in [2.75, 3.05) is 19.3 Å². The number of hydrogen-bond acceptors (Lipinski definition) is 3. The van der Waals surface area contributed by atoms with Crippen LogP contribution in [0.3, 0.4) is 0 Å². The molecule has 0 saturated carbocycles. The van der Waals surface area contributed by atoms with Gasteiger partial charge in [0.25, 0.3) is 5.91 Å². The van der Waals surface area contributed by atoms with Crippen molar-refractivity contribution < 1.29 is 17.6 Å². The molecule has 0 radical (unpaired) electrons. The van der Waals surface area contributed by atoms with E-state index in [9.17, 15) is 17.6 Å². The maximum atomic E-state index is 13.2. The topological polar surface area (TPSA) is 57.7 Å². The molecule has 0 bridgehead atoms. The third-order valence-corrected chi connectivity index (χ3v) is 6.30. The van der Waals surface area contributed by atoms with Crippen LogP contribution in [0.4, 0.5) is 4.39 Å². The van der Waals surface area contributed by atoms with Crippen LogP contribution >= 0.6 is 0 Å². The molecule has 1 amide bonds. The second-order valence-corrected chi connectivity index (χ2v) is 11.0. The Hall–Kier alpha value is -1.47. The quantitative estimate of drug-likeness (QED) is 0.730.